The lowest BCUT2D eigenvalue weighted by atomic mass is 10.3. The Kier molecular flexibility index (Phi) is 4.57. The van der Waals surface area contributed by atoms with Crippen LogP contribution >= 0.6 is 11.3 Å². The first-order chi connectivity index (χ1) is 7.74. The molecule has 0 spiro atoms. The molecule has 0 aromatic carbocycles. The van der Waals surface area contributed by atoms with Crippen molar-refractivity contribution < 1.29 is 0 Å². The van der Waals surface area contributed by atoms with Gasteiger partial charge >= 0.3 is 0 Å². The summed E-state index contributed by atoms with van der Waals surface area (Å²) >= 11 is 1.60. The standard InChI is InChI=1S/C12H13N3S/c1-3-15(4-2)12-6-5-11(16-12)7-10(8-13)9-14/h5-7H,3-4H2,1-2H3. The van der Waals surface area contributed by atoms with Gasteiger partial charge in [0, 0.05) is 18.0 Å². The van der Waals surface area contributed by atoms with Crippen LogP contribution in [0.5, 0.6) is 0 Å². The maximum absolute atomic E-state index is 8.65. The number of hydrogen-bond acceptors (Lipinski definition) is 4. The topological polar surface area (TPSA) is 50.8 Å². The zero-order valence-corrected chi connectivity index (χ0v) is 10.2. The molecule has 0 aliphatic carbocycles. The third-order valence-electron chi connectivity index (χ3n) is 2.22. The predicted molar refractivity (Wildman–Crippen MR) is 67.1 cm³/mol. The molecule has 0 fully saturated rings. The highest BCUT2D eigenvalue weighted by Gasteiger charge is 2.05. The second kappa shape index (κ2) is 5.95. The fourth-order valence-corrected chi connectivity index (χ4v) is 2.43. The van der Waals surface area contributed by atoms with Gasteiger partial charge in [-0.15, -0.1) is 11.3 Å². The molecule has 1 heterocycles. The molecule has 3 nitrogen and oxygen atoms in total. The van der Waals surface area contributed by atoms with Crippen molar-refractivity contribution in [3.05, 3.63) is 22.6 Å². The maximum atomic E-state index is 8.65. The second-order valence-electron chi connectivity index (χ2n) is 3.13. The first-order valence-corrected chi connectivity index (χ1v) is 5.93. The zero-order chi connectivity index (χ0) is 12.0. The van der Waals surface area contributed by atoms with E-state index >= 15 is 0 Å². The SMILES string of the molecule is CCN(CC)c1ccc(C=C(C#N)C#N)s1. The zero-order valence-electron chi connectivity index (χ0n) is 9.40. The Morgan fingerprint density at radius 1 is 1.31 bits per heavy atom. The molecule has 0 unspecified atom stereocenters. The van der Waals surface area contributed by atoms with Crippen LogP contribution in [-0.4, -0.2) is 13.1 Å². The summed E-state index contributed by atoms with van der Waals surface area (Å²) in [5.41, 5.74) is 0.146. The lowest BCUT2D eigenvalue weighted by molar-refractivity contribution is 0.876. The van der Waals surface area contributed by atoms with Crippen molar-refractivity contribution in [2.45, 2.75) is 13.8 Å². The van der Waals surface area contributed by atoms with Gasteiger partial charge in [-0.2, -0.15) is 10.5 Å². The quantitative estimate of drug-likeness (QED) is 0.748. The van der Waals surface area contributed by atoms with Crippen molar-refractivity contribution in [3.63, 3.8) is 0 Å². The molecule has 0 bridgehead atoms. The van der Waals surface area contributed by atoms with Crippen LogP contribution in [0.4, 0.5) is 5.00 Å². The molecule has 0 atom stereocenters. The van der Waals surface area contributed by atoms with Gasteiger partial charge in [0.1, 0.15) is 17.7 Å². The summed E-state index contributed by atoms with van der Waals surface area (Å²) < 4.78 is 0. The van der Waals surface area contributed by atoms with E-state index in [-0.39, 0.29) is 5.57 Å². The fraction of sp³-hybridized carbons (Fsp3) is 0.333. The second-order valence-corrected chi connectivity index (χ2v) is 4.22. The van der Waals surface area contributed by atoms with E-state index in [0.29, 0.717) is 0 Å². The average Bonchev–Trinajstić information content (AvgIpc) is 2.76. The molecule has 16 heavy (non-hydrogen) atoms. The highest BCUT2D eigenvalue weighted by Crippen LogP contribution is 2.27. The Labute approximate surface area is 99.8 Å². The molecular formula is C12H13N3S. The summed E-state index contributed by atoms with van der Waals surface area (Å²) in [4.78, 5) is 3.18. The van der Waals surface area contributed by atoms with Gasteiger partial charge in [0.05, 0.1) is 5.00 Å². The van der Waals surface area contributed by atoms with E-state index in [1.54, 1.807) is 17.4 Å². The van der Waals surface area contributed by atoms with Gasteiger partial charge in [0.25, 0.3) is 0 Å². The molecule has 0 aliphatic heterocycles. The summed E-state index contributed by atoms with van der Waals surface area (Å²) in [6.07, 6.45) is 1.62. The molecule has 4 heteroatoms. The van der Waals surface area contributed by atoms with Crippen molar-refractivity contribution in [1.82, 2.24) is 0 Å². The van der Waals surface area contributed by atoms with Crippen molar-refractivity contribution >= 4 is 22.4 Å². The van der Waals surface area contributed by atoms with Gasteiger partial charge in [-0.1, -0.05) is 0 Å². The third kappa shape index (κ3) is 2.85. The van der Waals surface area contributed by atoms with Crippen LogP contribution in [0.3, 0.4) is 0 Å². The fourth-order valence-electron chi connectivity index (χ4n) is 1.36. The van der Waals surface area contributed by atoms with Crippen LogP contribution < -0.4 is 4.90 Å². The van der Waals surface area contributed by atoms with Crippen LogP contribution in [0.1, 0.15) is 18.7 Å². The van der Waals surface area contributed by atoms with Crippen LogP contribution in [0.25, 0.3) is 6.08 Å². The normalized spacial score (nSPS) is 9.00. The lowest BCUT2D eigenvalue weighted by Crippen LogP contribution is -2.20. The molecule has 0 saturated carbocycles. The number of rotatable bonds is 4. The van der Waals surface area contributed by atoms with Gasteiger partial charge in [-0.25, -0.2) is 0 Å². The number of nitriles is 2. The molecule has 0 amide bonds. The largest absolute Gasteiger partial charge is 0.364 e. The average molecular weight is 231 g/mol. The van der Waals surface area contributed by atoms with Gasteiger partial charge < -0.3 is 4.90 Å². The Morgan fingerprint density at radius 3 is 2.44 bits per heavy atom. The molecule has 0 radical (unpaired) electrons. The van der Waals surface area contributed by atoms with E-state index in [4.69, 9.17) is 10.5 Å². The summed E-state index contributed by atoms with van der Waals surface area (Å²) in [5.74, 6) is 0. The van der Waals surface area contributed by atoms with Gasteiger partial charge in [-0.05, 0) is 32.1 Å². The molecule has 1 rings (SSSR count). The highest BCUT2D eigenvalue weighted by atomic mass is 32.1. The number of nitrogens with zero attached hydrogens (tertiary/aromatic N) is 3. The highest BCUT2D eigenvalue weighted by molar-refractivity contribution is 7.16. The minimum Gasteiger partial charge on any atom is -0.364 e. The monoisotopic (exact) mass is 231 g/mol. The summed E-state index contributed by atoms with van der Waals surface area (Å²) in [6.45, 7) is 6.14. The van der Waals surface area contributed by atoms with Crippen molar-refractivity contribution in [2.75, 3.05) is 18.0 Å². The predicted octanol–water partition coefficient (Wildman–Crippen LogP) is 3.02. The molecule has 82 valence electrons. The Morgan fingerprint density at radius 2 is 1.94 bits per heavy atom. The van der Waals surface area contributed by atoms with Crippen molar-refractivity contribution in [1.29, 1.82) is 10.5 Å². The molecule has 0 aliphatic rings. The van der Waals surface area contributed by atoms with E-state index in [9.17, 15) is 0 Å². The van der Waals surface area contributed by atoms with Crippen LogP contribution in [0.2, 0.25) is 0 Å². The number of anilines is 1. The van der Waals surface area contributed by atoms with E-state index < -0.39 is 0 Å². The van der Waals surface area contributed by atoms with Gasteiger partial charge in [0.2, 0.25) is 0 Å². The molecular weight excluding hydrogens is 218 g/mol. The molecule has 0 N–H and O–H groups in total. The Hall–Kier alpha value is -1.78. The third-order valence-corrected chi connectivity index (χ3v) is 3.31. The first kappa shape index (κ1) is 12.3. The van der Waals surface area contributed by atoms with E-state index in [2.05, 4.69) is 18.7 Å². The van der Waals surface area contributed by atoms with E-state index in [0.717, 1.165) is 18.0 Å². The molecule has 1 aromatic heterocycles. The summed E-state index contributed by atoms with van der Waals surface area (Å²) in [5, 5.41) is 18.5. The molecule has 1 aromatic rings. The minimum absolute atomic E-state index is 0.146. The van der Waals surface area contributed by atoms with Crippen molar-refractivity contribution in [2.24, 2.45) is 0 Å². The summed E-state index contributed by atoms with van der Waals surface area (Å²) in [7, 11) is 0. The Bertz CT molecular complexity index is 439. The summed E-state index contributed by atoms with van der Waals surface area (Å²) in [6, 6.07) is 7.68. The number of thiophene rings is 1. The van der Waals surface area contributed by atoms with Gasteiger partial charge in [-0.3, -0.25) is 0 Å². The minimum atomic E-state index is 0.146. The lowest BCUT2D eigenvalue weighted by Gasteiger charge is -2.17. The maximum Gasteiger partial charge on any atom is 0.131 e. The van der Waals surface area contributed by atoms with Gasteiger partial charge in [0.15, 0.2) is 0 Å². The van der Waals surface area contributed by atoms with Crippen molar-refractivity contribution in [3.8, 4) is 12.1 Å². The smallest absolute Gasteiger partial charge is 0.131 e. The number of allylic oxidation sites excluding steroid dienone is 1. The van der Waals surface area contributed by atoms with Crippen LogP contribution in [-0.2, 0) is 0 Å². The Balaban J connectivity index is 2.93. The first-order valence-electron chi connectivity index (χ1n) is 5.11. The van der Waals surface area contributed by atoms with Crippen LogP contribution in [0.15, 0.2) is 17.7 Å². The van der Waals surface area contributed by atoms with E-state index in [1.807, 2.05) is 24.3 Å². The number of hydrogen-bond donors (Lipinski definition) is 0. The molecule has 0 saturated heterocycles. The van der Waals surface area contributed by atoms with E-state index in [1.165, 1.54) is 5.00 Å². The van der Waals surface area contributed by atoms with Crippen LogP contribution in [0, 0.1) is 22.7 Å².